The molecule has 0 bridgehead atoms. The number of rotatable bonds is 43. The molecule has 78 heavy (non-hydrogen) atoms. The first-order valence-electron chi connectivity index (χ1n) is 28.0. The van der Waals surface area contributed by atoms with Crippen molar-refractivity contribution in [1.29, 1.82) is 0 Å². The Balaban J connectivity index is 3.36. The second-order valence-electron chi connectivity index (χ2n) is 20.9. The van der Waals surface area contributed by atoms with Crippen molar-refractivity contribution in [1.82, 2.24) is 42.5 Å². The van der Waals surface area contributed by atoms with Crippen LogP contribution in [0.5, 0.6) is 0 Å². The lowest BCUT2D eigenvalue weighted by molar-refractivity contribution is -0.133. The first-order valence-corrected chi connectivity index (χ1v) is 28.0. The Kier molecular flexibility index (Phi) is 36.2. The van der Waals surface area contributed by atoms with Gasteiger partial charge in [0.2, 0.25) is 47.3 Å². The number of nitrogens with zero attached hydrogens (tertiary/aromatic N) is 2. The molecule has 20 N–H and O–H groups in total. The number of aliphatic imine (C=N–C) groups is 2. The van der Waals surface area contributed by atoms with Gasteiger partial charge in [-0.1, -0.05) is 103 Å². The summed E-state index contributed by atoms with van der Waals surface area (Å²) in [7, 11) is 0. The minimum atomic E-state index is -1.13. The van der Waals surface area contributed by atoms with Crippen LogP contribution in [-0.4, -0.2) is 134 Å². The maximum absolute atomic E-state index is 14.3. The van der Waals surface area contributed by atoms with Crippen molar-refractivity contribution in [2.45, 2.75) is 199 Å². The largest absolute Gasteiger partial charge is 0.370 e. The van der Waals surface area contributed by atoms with Gasteiger partial charge in [0.1, 0.15) is 30.2 Å². The summed E-state index contributed by atoms with van der Waals surface area (Å²) in [4.78, 5) is 116. The molecular weight excluding hydrogens is 1000 g/mol. The minimum Gasteiger partial charge on any atom is -0.370 e. The molecule has 0 aliphatic rings. The summed E-state index contributed by atoms with van der Waals surface area (Å²) >= 11 is 0. The van der Waals surface area contributed by atoms with Crippen molar-refractivity contribution in [3.05, 3.63) is 35.9 Å². The van der Waals surface area contributed by atoms with Gasteiger partial charge in [-0.05, 0) is 101 Å². The zero-order chi connectivity index (χ0) is 58.4. The molecule has 1 rings (SSSR count). The normalized spacial score (nSPS) is 13.8. The molecular formula is C54H98N16O8. The highest BCUT2D eigenvalue weighted by Gasteiger charge is 2.31. The first-order chi connectivity index (χ1) is 37.1. The van der Waals surface area contributed by atoms with Gasteiger partial charge in [-0.25, -0.2) is 0 Å². The number of nitrogens with one attached hydrogen (secondary N) is 8. The Morgan fingerprint density at radius 3 is 1.63 bits per heavy atom. The van der Waals surface area contributed by atoms with Crippen molar-refractivity contribution >= 4 is 59.2 Å². The fraction of sp³-hybridized carbons (Fsp3) is 0.704. The van der Waals surface area contributed by atoms with Gasteiger partial charge in [-0.2, -0.15) is 0 Å². The molecule has 0 radical (unpaired) electrons. The molecule has 1 aromatic rings. The SMILES string of the molecule is CCCCCCCCCC(=O)N[C@@H](CCCN=C(N)N)C(=O)N[C@@H](C)C(=O)N[C@@H](CCCCN)C(=O)N[C@@H](CCCN=C(N)N)CN[C@@H](Cc1ccccc1)C(=O)N[C@@H](CC(C)C)C(=O)NCC(=O)N[C@@H](CC(C)C)C(N)=O. The molecule has 0 aliphatic carbocycles. The van der Waals surface area contributed by atoms with Gasteiger partial charge >= 0.3 is 0 Å². The van der Waals surface area contributed by atoms with Crippen LogP contribution in [0.25, 0.3) is 0 Å². The third kappa shape index (κ3) is 32.9. The van der Waals surface area contributed by atoms with E-state index in [1.807, 2.05) is 58.0 Å². The Morgan fingerprint density at radius 2 is 1.04 bits per heavy atom. The van der Waals surface area contributed by atoms with E-state index in [9.17, 15) is 38.4 Å². The highest BCUT2D eigenvalue weighted by atomic mass is 16.2. The molecule has 24 nitrogen and oxygen atoms in total. The quantitative estimate of drug-likeness (QED) is 0.0236. The van der Waals surface area contributed by atoms with Gasteiger partial charge in [-0.15, -0.1) is 0 Å². The number of nitrogens with two attached hydrogens (primary N) is 6. The molecule has 0 heterocycles. The van der Waals surface area contributed by atoms with Crippen molar-refractivity contribution in [2.75, 3.05) is 32.7 Å². The summed E-state index contributed by atoms with van der Waals surface area (Å²) in [6.07, 6.45) is 10.7. The molecule has 1 aromatic carbocycles. The molecule has 0 saturated carbocycles. The van der Waals surface area contributed by atoms with E-state index in [-0.39, 0.29) is 81.4 Å². The van der Waals surface area contributed by atoms with E-state index in [2.05, 4.69) is 59.4 Å². The number of amides is 8. The van der Waals surface area contributed by atoms with Gasteiger partial charge < -0.3 is 76.9 Å². The second-order valence-corrected chi connectivity index (χ2v) is 20.9. The molecule has 24 heteroatoms. The monoisotopic (exact) mass is 1100 g/mol. The van der Waals surface area contributed by atoms with Gasteiger partial charge in [0.25, 0.3) is 0 Å². The van der Waals surface area contributed by atoms with Gasteiger partial charge in [-0.3, -0.25) is 48.3 Å². The van der Waals surface area contributed by atoms with Crippen LogP contribution in [0.1, 0.15) is 156 Å². The third-order valence-corrected chi connectivity index (χ3v) is 12.6. The van der Waals surface area contributed by atoms with E-state index < -0.39 is 90.2 Å². The number of primary amides is 1. The third-order valence-electron chi connectivity index (χ3n) is 12.6. The lowest BCUT2D eigenvalue weighted by atomic mass is 10.0. The summed E-state index contributed by atoms with van der Waals surface area (Å²) in [6.45, 7) is 11.6. The highest BCUT2D eigenvalue weighted by molar-refractivity contribution is 5.95. The lowest BCUT2D eigenvalue weighted by Crippen LogP contribution is -2.58. The standard InChI is InChI=1S/C54H98N16O8/c1-7-8-9-10-11-12-16-26-45(71)67-40(25-20-29-62-54(59)60)50(76)65-37(6)48(74)69-41(24-17-18-27-55)51(77)66-39(23-19-28-61-53(57)58)33-63-43(32-38-21-14-13-15-22-38)52(78)70-44(31-36(4)5)49(75)64-34-46(72)68-42(47(56)73)30-35(2)3/h13-15,21-22,35-37,39-44,63H,7-12,16-20,23-34,55H2,1-6H3,(H2,56,73)(H,64,75)(H,65,76)(H,66,77)(H,67,71)(H,68,72)(H,69,74)(H,70,78)(H4,57,58,61)(H4,59,60,62)/t37-,39-,40-,41-,42-,43-,44-/m0/s1. The van der Waals surface area contributed by atoms with Crippen LogP contribution < -0.4 is 76.9 Å². The molecule has 7 atom stereocenters. The number of carbonyl (C=O) groups excluding carboxylic acids is 8. The zero-order valence-corrected chi connectivity index (χ0v) is 47.5. The van der Waals surface area contributed by atoms with Crippen LogP contribution in [0, 0.1) is 11.8 Å². The molecule has 0 spiro atoms. The zero-order valence-electron chi connectivity index (χ0n) is 47.5. The minimum absolute atomic E-state index is 0.0439. The average molecular weight is 1100 g/mol. The van der Waals surface area contributed by atoms with Crippen LogP contribution in [0.3, 0.4) is 0 Å². The Bertz CT molecular complexity index is 2020. The van der Waals surface area contributed by atoms with E-state index >= 15 is 0 Å². The van der Waals surface area contributed by atoms with E-state index in [4.69, 9.17) is 34.4 Å². The highest BCUT2D eigenvalue weighted by Crippen LogP contribution is 2.12. The van der Waals surface area contributed by atoms with Gasteiger partial charge in [0.15, 0.2) is 11.9 Å². The molecule has 0 aromatic heterocycles. The predicted molar refractivity (Wildman–Crippen MR) is 306 cm³/mol. The van der Waals surface area contributed by atoms with Crippen molar-refractivity contribution in [3.8, 4) is 0 Å². The second kappa shape index (κ2) is 40.6. The number of carbonyl (C=O) groups is 8. The Hall–Kier alpha value is -6.56. The summed E-state index contributed by atoms with van der Waals surface area (Å²) in [5, 5.41) is 22.7. The summed E-state index contributed by atoms with van der Waals surface area (Å²) in [6, 6.07) is 2.48. The van der Waals surface area contributed by atoms with Gasteiger partial charge in [0, 0.05) is 32.1 Å². The average Bonchev–Trinajstić information content (AvgIpc) is 3.37. The van der Waals surface area contributed by atoms with E-state index in [1.165, 1.54) is 13.3 Å². The number of unbranched alkanes of at least 4 members (excludes halogenated alkanes) is 7. The molecule has 0 unspecified atom stereocenters. The first kappa shape index (κ1) is 69.5. The van der Waals surface area contributed by atoms with Crippen LogP contribution >= 0.6 is 0 Å². The fourth-order valence-corrected chi connectivity index (χ4v) is 8.41. The smallest absolute Gasteiger partial charge is 0.243 e. The number of benzene rings is 1. The number of hydrogen-bond acceptors (Lipinski definition) is 12. The van der Waals surface area contributed by atoms with Gasteiger partial charge in [0.05, 0.1) is 12.6 Å². The molecule has 8 amide bonds. The maximum Gasteiger partial charge on any atom is 0.243 e. The molecule has 0 saturated heterocycles. The lowest BCUT2D eigenvalue weighted by Gasteiger charge is -2.28. The summed E-state index contributed by atoms with van der Waals surface area (Å²) in [5.74, 6) is -4.69. The predicted octanol–water partition coefficient (Wildman–Crippen LogP) is 0.187. The van der Waals surface area contributed by atoms with E-state index in [1.54, 1.807) is 0 Å². The topological polar surface area (TPSA) is 414 Å². The Morgan fingerprint density at radius 1 is 0.513 bits per heavy atom. The molecule has 0 aliphatic heterocycles. The fourth-order valence-electron chi connectivity index (χ4n) is 8.41. The maximum atomic E-state index is 14.3. The van der Waals surface area contributed by atoms with E-state index in [0.717, 1.165) is 37.7 Å². The molecule has 0 fully saturated rings. The van der Waals surface area contributed by atoms with Crippen molar-refractivity contribution in [2.24, 2.45) is 56.2 Å². The summed E-state index contributed by atoms with van der Waals surface area (Å²) in [5.41, 5.74) is 34.3. The van der Waals surface area contributed by atoms with Crippen LogP contribution in [0.15, 0.2) is 40.3 Å². The van der Waals surface area contributed by atoms with Crippen LogP contribution in [-0.2, 0) is 44.8 Å². The summed E-state index contributed by atoms with van der Waals surface area (Å²) < 4.78 is 0. The Labute approximate surface area is 462 Å². The molecule has 442 valence electrons. The van der Waals surface area contributed by atoms with Crippen LogP contribution in [0.4, 0.5) is 0 Å². The van der Waals surface area contributed by atoms with E-state index in [0.29, 0.717) is 51.5 Å². The number of guanidine groups is 2. The number of hydrogen-bond donors (Lipinski definition) is 14. The van der Waals surface area contributed by atoms with Crippen LogP contribution in [0.2, 0.25) is 0 Å². The van der Waals surface area contributed by atoms with Crippen molar-refractivity contribution < 1.29 is 38.4 Å². The van der Waals surface area contributed by atoms with Crippen molar-refractivity contribution in [3.63, 3.8) is 0 Å².